The molecule has 3 aromatic carbocycles. The number of rotatable bonds is 5. The van der Waals surface area contributed by atoms with Gasteiger partial charge in [0.1, 0.15) is 27.4 Å². The molecule has 0 saturated carbocycles. The van der Waals surface area contributed by atoms with E-state index in [9.17, 15) is 9.18 Å². The molecule has 0 aliphatic carbocycles. The number of allylic oxidation sites excluding steroid dienone is 2. The molecule has 1 atom stereocenters. The summed E-state index contributed by atoms with van der Waals surface area (Å²) in [5, 5.41) is 2.67. The van der Waals surface area contributed by atoms with E-state index in [1.165, 1.54) is 23.9 Å². The highest BCUT2D eigenvalue weighted by molar-refractivity contribution is 8.26. The molecule has 2 aliphatic rings. The molecular weight excluding hydrogens is 469 g/mol. The second kappa shape index (κ2) is 9.44. The van der Waals surface area contributed by atoms with E-state index >= 15 is 0 Å². The van der Waals surface area contributed by atoms with Gasteiger partial charge in [-0.2, -0.15) is 0 Å². The van der Waals surface area contributed by atoms with Gasteiger partial charge in [0.15, 0.2) is 0 Å². The molecule has 3 aromatic rings. The number of ether oxygens (including phenoxy) is 2. The van der Waals surface area contributed by atoms with Crippen LogP contribution in [0, 0.1) is 5.82 Å². The van der Waals surface area contributed by atoms with Gasteiger partial charge in [-0.3, -0.25) is 4.79 Å². The highest BCUT2D eigenvalue weighted by Gasteiger charge is 2.33. The van der Waals surface area contributed by atoms with E-state index < -0.39 is 0 Å². The summed E-state index contributed by atoms with van der Waals surface area (Å²) in [6, 6.07) is 21.8. The van der Waals surface area contributed by atoms with Crippen molar-refractivity contribution in [2.75, 3.05) is 6.61 Å². The SMILES string of the molecule is CCOc1ccc(C2=C(/C=C3/SC(=S)NC3=O)[C@H](c3ccc(F)cc3)c3ccccc3O2)cc1. The van der Waals surface area contributed by atoms with Crippen molar-refractivity contribution in [3.05, 3.63) is 112 Å². The quantitative estimate of drug-likeness (QED) is 0.342. The lowest BCUT2D eigenvalue weighted by Gasteiger charge is -2.30. The highest BCUT2D eigenvalue weighted by Crippen LogP contribution is 2.47. The summed E-state index contributed by atoms with van der Waals surface area (Å²) in [7, 11) is 0. The minimum atomic E-state index is -0.309. The van der Waals surface area contributed by atoms with Gasteiger partial charge in [0.05, 0.1) is 11.5 Å². The van der Waals surface area contributed by atoms with Crippen molar-refractivity contribution in [2.45, 2.75) is 12.8 Å². The minimum absolute atomic E-state index is 0.245. The van der Waals surface area contributed by atoms with Gasteiger partial charge in [-0.15, -0.1) is 0 Å². The van der Waals surface area contributed by atoms with Gasteiger partial charge in [0.25, 0.3) is 5.91 Å². The normalized spacial score (nSPS) is 18.5. The number of thioether (sulfide) groups is 1. The Morgan fingerprint density at radius 1 is 1.09 bits per heavy atom. The number of para-hydroxylation sites is 1. The first-order chi connectivity index (χ1) is 16.5. The molecule has 170 valence electrons. The molecule has 0 spiro atoms. The predicted molar refractivity (Wildman–Crippen MR) is 136 cm³/mol. The highest BCUT2D eigenvalue weighted by atomic mass is 32.2. The summed E-state index contributed by atoms with van der Waals surface area (Å²) < 4.78 is 26.2. The third kappa shape index (κ3) is 4.36. The number of amides is 1. The molecule has 2 heterocycles. The maximum atomic E-state index is 13.8. The minimum Gasteiger partial charge on any atom is -0.494 e. The van der Waals surface area contributed by atoms with Crippen LogP contribution in [0.2, 0.25) is 0 Å². The molecule has 1 saturated heterocycles. The number of hydrogen-bond acceptors (Lipinski definition) is 5. The van der Waals surface area contributed by atoms with Crippen molar-refractivity contribution in [1.82, 2.24) is 5.32 Å². The fourth-order valence-corrected chi connectivity index (χ4v) is 5.13. The number of fused-ring (bicyclic) bond motifs is 1. The van der Waals surface area contributed by atoms with Crippen LogP contribution in [-0.2, 0) is 4.79 Å². The largest absolute Gasteiger partial charge is 0.494 e. The van der Waals surface area contributed by atoms with Gasteiger partial charge < -0.3 is 14.8 Å². The molecule has 34 heavy (non-hydrogen) atoms. The molecular formula is C27H20FNO3S2. The fraction of sp³-hybridized carbons (Fsp3) is 0.111. The molecule has 1 amide bonds. The predicted octanol–water partition coefficient (Wildman–Crippen LogP) is 6.19. The van der Waals surface area contributed by atoms with Crippen molar-refractivity contribution in [3.63, 3.8) is 0 Å². The van der Waals surface area contributed by atoms with E-state index in [4.69, 9.17) is 21.7 Å². The summed E-state index contributed by atoms with van der Waals surface area (Å²) in [4.78, 5) is 13.0. The first kappa shape index (κ1) is 22.4. The fourth-order valence-electron chi connectivity index (χ4n) is 4.10. The van der Waals surface area contributed by atoms with Crippen LogP contribution in [0.25, 0.3) is 5.76 Å². The van der Waals surface area contributed by atoms with Crippen molar-refractivity contribution in [2.24, 2.45) is 0 Å². The Hall–Kier alpha value is -3.42. The summed E-state index contributed by atoms with van der Waals surface area (Å²) in [5.74, 6) is 1.26. The van der Waals surface area contributed by atoms with Gasteiger partial charge in [-0.25, -0.2) is 4.39 Å². The zero-order chi connectivity index (χ0) is 23.7. The molecule has 7 heteroatoms. The van der Waals surface area contributed by atoms with Gasteiger partial charge >= 0.3 is 0 Å². The van der Waals surface area contributed by atoms with E-state index in [1.807, 2.05) is 61.5 Å². The molecule has 2 aliphatic heterocycles. The first-order valence-electron chi connectivity index (χ1n) is 10.8. The van der Waals surface area contributed by atoms with E-state index in [2.05, 4.69) is 5.32 Å². The Bertz CT molecular complexity index is 1330. The molecule has 0 aromatic heterocycles. The smallest absolute Gasteiger partial charge is 0.263 e. The van der Waals surface area contributed by atoms with Crippen molar-refractivity contribution in [3.8, 4) is 11.5 Å². The lowest BCUT2D eigenvalue weighted by Crippen LogP contribution is -2.19. The number of carbonyl (C=O) groups is 1. The van der Waals surface area contributed by atoms with Gasteiger partial charge in [0, 0.05) is 22.6 Å². The third-order valence-corrected chi connectivity index (χ3v) is 6.74. The Labute approximate surface area is 206 Å². The second-order valence-electron chi connectivity index (χ2n) is 7.72. The van der Waals surface area contributed by atoms with Gasteiger partial charge in [-0.05, 0) is 61.0 Å². The van der Waals surface area contributed by atoms with Crippen molar-refractivity contribution >= 4 is 40.0 Å². The van der Waals surface area contributed by atoms with Crippen LogP contribution in [0.4, 0.5) is 4.39 Å². The van der Waals surface area contributed by atoms with Crippen LogP contribution >= 0.6 is 24.0 Å². The summed E-state index contributed by atoms with van der Waals surface area (Å²) in [6.07, 6.45) is 1.83. The maximum absolute atomic E-state index is 13.8. The molecule has 4 nitrogen and oxygen atoms in total. The average Bonchev–Trinajstić information content (AvgIpc) is 3.16. The summed E-state index contributed by atoms with van der Waals surface area (Å²) in [5.41, 5.74) is 3.44. The molecule has 1 fully saturated rings. The Kier molecular flexibility index (Phi) is 6.22. The topological polar surface area (TPSA) is 47.6 Å². The Morgan fingerprint density at radius 2 is 1.82 bits per heavy atom. The summed E-state index contributed by atoms with van der Waals surface area (Å²) >= 11 is 6.41. The molecule has 1 N–H and O–H groups in total. The number of benzene rings is 3. The zero-order valence-corrected chi connectivity index (χ0v) is 19.8. The molecule has 0 unspecified atom stereocenters. The van der Waals surface area contributed by atoms with Gasteiger partial charge in [-0.1, -0.05) is 54.3 Å². The van der Waals surface area contributed by atoms with Crippen molar-refractivity contribution < 1.29 is 18.7 Å². The Balaban J connectivity index is 1.73. The van der Waals surface area contributed by atoms with Crippen LogP contribution in [0.1, 0.15) is 29.5 Å². The number of hydrogen-bond donors (Lipinski definition) is 1. The summed E-state index contributed by atoms with van der Waals surface area (Å²) in [6.45, 7) is 2.51. The van der Waals surface area contributed by atoms with E-state index in [0.717, 1.165) is 28.0 Å². The number of thiocarbonyl (C=S) groups is 1. The standard InChI is InChI=1S/C27H20FNO3S2/c1-2-31-19-13-9-17(10-14-19)25-21(15-23-26(30)29-27(33)34-23)24(16-7-11-18(28)12-8-16)20-5-3-4-6-22(20)32-25/h3-15,24H,2H2,1H3,(H,29,30,33)/b23-15+/t24-/m1/s1. The van der Waals surface area contributed by atoms with E-state index in [1.54, 1.807) is 12.1 Å². The zero-order valence-electron chi connectivity index (χ0n) is 18.2. The average molecular weight is 490 g/mol. The number of carbonyl (C=O) groups excluding carboxylic acids is 1. The van der Waals surface area contributed by atoms with Crippen LogP contribution in [0.5, 0.6) is 11.5 Å². The lowest BCUT2D eigenvalue weighted by molar-refractivity contribution is -0.115. The third-order valence-electron chi connectivity index (χ3n) is 5.57. The van der Waals surface area contributed by atoms with Gasteiger partial charge in [0.2, 0.25) is 0 Å². The van der Waals surface area contributed by atoms with Crippen molar-refractivity contribution in [1.29, 1.82) is 0 Å². The van der Waals surface area contributed by atoms with Crippen LogP contribution in [0.15, 0.2) is 89.4 Å². The molecule has 0 bridgehead atoms. The number of halogens is 1. The first-order valence-corrected chi connectivity index (χ1v) is 12.0. The molecule has 0 radical (unpaired) electrons. The van der Waals surface area contributed by atoms with Crippen LogP contribution in [0.3, 0.4) is 0 Å². The van der Waals surface area contributed by atoms with E-state index in [0.29, 0.717) is 27.3 Å². The maximum Gasteiger partial charge on any atom is 0.263 e. The second-order valence-corrected chi connectivity index (χ2v) is 9.44. The number of nitrogens with one attached hydrogen (secondary N) is 1. The monoisotopic (exact) mass is 489 g/mol. The van der Waals surface area contributed by atoms with E-state index in [-0.39, 0.29) is 17.6 Å². The lowest BCUT2D eigenvalue weighted by atomic mass is 9.81. The Morgan fingerprint density at radius 3 is 2.50 bits per heavy atom. The van der Waals surface area contributed by atoms with Crippen LogP contribution in [-0.4, -0.2) is 16.8 Å². The van der Waals surface area contributed by atoms with Crippen LogP contribution < -0.4 is 14.8 Å². The molecule has 5 rings (SSSR count).